The fourth-order valence-electron chi connectivity index (χ4n) is 0.389. The average Bonchev–Trinajstić information content (AvgIpc) is 2.13. The number of primary amides is 1. The van der Waals surface area contributed by atoms with E-state index in [-0.39, 0.29) is 11.9 Å². The second-order valence-corrected chi connectivity index (χ2v) is 1.39. The number of amidine groups is 1. The Kier molecular flexibility index (Phi) is 1.14. The van der Waals surface area contributed by atoms with Gasteiger partial charge in [0, 0.05) is 0 Å². The molecule has 0 unspecified atom stereocenters. The van der Waals surface area contributed by atoms with Crippen molar-refractivity contribution in [1.82, 2.24) is 0 Å². The Balaban J connectivity index is 2.74. The van der Waals surface area contributed by atoms with Crippen molar-refractivity contribution in [1.29, 1.82) is 0 Å². The highest BCUT2D eigenvalue weighted by Gasteiger charge is 2.24. The van der Waals surface area contributed by atoms with Gasteiger partial charge in [-0.1, -0.05) is 0 Å². The highest BCUT2D eigenvalue weighted by Crippen LogP contribution is 2.08. The molecule has 1 radical (unpaired) electrons. The average molecular weight is 126 g/mol. The van der Waals surface area contributed by atoms with Gasteiger partial charge in [-0.15, -0.1) is 10.2 Å². The number of nitrogens with two attached hydrogens (primary N) is 2. The minimum atomic E-state index is -0.711. The van der Waals surface area contributed by atoms with E-state index >= 15 is 0 Å². The lowest BCUT2D eigenvalue weighted by Gasteiger charge is -1.94. The SMILES string of the molecule is NC(=O)[C]1N=NN=C1N. The van der Waals surface area contributed by atoms with E-state index in [9.17, 15) is 4.79 Å². The first-order valence-electron chi connectivity index (χ1n) is 2.13. The van der Waals surface area contributed by atoms with E-state index < -0.39 is 5.91 Å². The first-order valence-corrected chi connectivity index (χ1v) is 2.13. The lowest BCUT2D eigenvalue weighted by atomic mass is 10.3. The minimum absolute atomic E-state index is 0.0255. The summed E-state index contributed by atoms with van der Waals surface area (Å²) in [5.74, 6) is -0.736. The summed E-state index contributed by atoms with van der Waals surface area (Å²) in [5.41, 5.74) is 9.90. The van der Waals surface area contributed by atoms with Crippen LogP contribution in [0.3, 0.4) is 0 Å². The molecule has 1 rings (SSSR count). The quantitative estimate of drug-likeness (QED) is 0.457. The van der Waals surface area contributed by atoms with Crippen molar-refractivity contribution in [3.63, 3.8) is 0 Å². The molecule has 0 aromatic heterocycles. The van der Waals surface area contributed by atoms with Crippen LogP contribution in [0.1, 0.15) is 0 Å². The molecule has 47 valence electrons. The normalized spacial score (nSPS) is 18.0. The van der Waals surface area contributed by atoms with Gasteiger partial charge in [-0.2, -0.15) is 0 Å². The molecule has 0 atom stereocenters. The highest BCUT2D eigenvalue weighted by molar-refractivity contribution is 6.15. The molecule has 1 aliphatic heterocycles. The summed E-state index contributed by atoms with van der Waals surface area (Å²) in [6, 6.07) is -0.0741. The standard InChI is InChI=1S/C3H4N5O/c4-2-1(3(5)9)6-8-7-2/h(H2,5,9)(H2,4,6,7). The van der Waals surface area contributed by atoms with Crippen molar-refractivity contribution in [2.75, 3.05) is 0 Å². The fraction of sp³-hybridized carbons (Fsp3) is 0. The van der Waals surface area contributed by atoms with Crippen LogP contribution >= 0.6 is 0 Å². The maximum Gasteiger partial charge on any atom is 0.262 e. The fourth-order valence-corrected chi connectivity index (χ4v) is 0.389. The lowest BCUT2D eigenvalue weighted by molar-refractivity contribution is -0.115. The predicted molar refractivity (Wildman–Crippen MR) is 28.9 cm³/mol. The zero-order chi connectivity index (χ0) is 6.85. The molecule has 6 heteroatoms. The van der Waals surface area contributed by atoms with Gasteiger partial charge in [0.05, 0.1) is 0 Å². The van der Waals surface area contributed by atoms with Gasteiger partial charge in [0.1, 0.15) is 0 Å². The number of hydrogen-bond donors (Lipinski definition) is 2. The molecule has 0 saturated heterocycles. The van der Waals surface area contributed by atoms with Crippen LogP contribution in [-0.2, 0) is 4.79 Å². The van der Waals surface area contributed by atoms with E-state index in [1.165, 1.54) is 0 Å². The molecule has 0 aliphatic carbocycles. The third kappa shape index (κ3) is 0.857. The van der Waals surface area contributed by atoms with Gasteiger partial charge in [-0.05, 0) is 5.22 Å². The summed E-state index contributed by atoms with van der Waals surface area (Å²) < 4.78 is 0. The van der Waals surface area contributed by atoms with Crippen molar-refractivity contribution >= 4 is 11.7 Å². The van der Waals surface area contributed by atoms with Crippen molar-refractivity contribution in [2.45, 2.75) is 0 Å². The second-order valence-electron chi connectivity index (χ2n) is 1.39. The Bertz CT molecular complexity index is 194. The Morgan fingerprint density at radius 2 is 2.22 bits per heavy atom. The van der Waals surface area contributed by atoms with Crippen LogP contribution < -0.4 is 11.5 Å². The maximum atomic E-state index is 10.3. The summed E-state index contributed by atoms with van der Waals surface area (Å²) in [7, 11) is 0. The van der Waals surface area contributed by atoms with E-state index in [0.717, 1.165) is 0 Å². The predicted octanol–water partition coefficient (Wildman–Crippen LogP) is -1.26. The zero-order valence-electron chi connectivity index (χ0n) is 4.40. The Labute approximate surface area is 50.6 Å². The van der Waals surface area contributed by atoms with Crippen LogP contribution in [-0.4, -0.2) is 11.7 Å². The van der Waals surface area contributed by atoms with Crippen LogP contribution in [0.2, 0.25) is 0 Å². The molecule has 6 nitrogen and oxygen atoms in total. The van der Waals surface area contributed by atoms with E-state index in [0.29, 0.717) is 0 Å². The van der Waals surface area contributed by atoms with Crippen LogP contribution in [0.15, 0.2) is 15.4 Å². The summed E-state index contributed by atoms with van der Waals surface area (Å²) in [6.45, 7) is 0. The van der Waals surface area contributed by atoms with Gasteiger partial charge in [0.15, 0.2) is 5.84 Å². The minimum Gasteiger partial charge on any atom is -0.383 e. The van der Waals surface area contributed by atoms with E-state index in [4.69, 9.17) is 11.5 Å². The number of hydrogen-bond acceptors (Lipinski definition) is 5. The second kappa shape index (κ2) is 1.81. The monoisotopic (exact) mass is 126 g/mol. The molecule has 0 fully saturated rings. The van der Waals surface area contributed by atoms with E-state index in [1.54, 1.807) is 0 Å². The van der Waals surface area contributed by atoms with Gasteiger partial charge >= 0.3 is 0 Å². The van der Waals surface area contributed by atoms with Gasteiger partial charge < -0.3 is 11.5 Å². The van der Waals surface area contributed by atoms with Crippen molar-refractivity contribution in [3.05, 3.63) is 6.04 Å². The molecule has 4 N–H and O–H groups in total. The third-order valence-electron chi connectivity index (χ3n) is 0.773. The van der Waals surface area contributed by atoms with Gasteiger partial charge in [0.25, 0.3) is 11.9 Å². The van der Waals surface area contributed by atoms with Crippen molar-refractivity contribution < 1.29 is 4.79 Å². The van der Waals surface area contributed by atoms with E-state index in [1.807, 2.05) is 0 Å². The maximum absolute atomic E-state index is 10.3. The van der Waals surface area contributed by atoms with Crippen LogP contribution in [0.5, 0.6) is 0 Å². The smallest absolute Gasteiger partial charge is 0.262 e. The van der Waals surface area contributed by atoms with Crippen LogP contribution in [0, 0.1) is 6.04 Å². The van der Waals surface area contributed by atoms with Gasteiger partial charge in [0.2, 0.25) is 0 Å². The molecular formula is C3H4N5O. The third-order valence-corrected chi connectivity index (χ3v) is 0.773. The summed E-state index contributed by atoms with van der Waals surface area (Å²) in [4.78, 5) is 10.3. The molecule has 0 saturated carbocycles. The van der Waals surface area contributed by atoms with Crippen molar-refractivity contribution in [2.24, 2.45) is 26.9 Å². The van der Waals surface area contributed by atoms with Crippen LogP contribution in [0.25, 0.3) is 0 Å². The molecule has 1 amide bonds. The molecule has 1 aliphatic rings. The molecular weight excluding hydrogens is 122 g/mol. The zero-order valence-corrected chi connectivity index (χ0v) is 4.40. The number of carbonyl (C=O) groups excluding carboxylic acids is 1. The largest absolute Gasteiger partial charge is 0.383 e. The van der Waals surface area contributed by atoms with E-state index in [2.05, 4.69) is 15.4 Å². The number of carbonyl (C=O) groups is 1. The summed E-state index contributed by atoms with van der Waals surface area (Å²) in [5, 5.41) is 9.63. The summed E-state index contributed by atoms with van der Waals surface area (Å²) >= 11 is 0. The Morgan fingerprint density at radius 1 is 1.56 bits per heavy atom. The highest BCUT2D eigenvalue weighted by atomic mass is 16.1. The van der Waals surface area contributed by atoms with Gasteiger partial charge in [-0.3, -0.25) is 4.79 Å². The number of amides is 1. The Morgan fingerprint density at radius 3 is 2.44 bits per heavy atom. The molecule has 1 heterocycles. The lowest BCUT2D eigenvalue weighted by Crippen LogP contribution is -2.29. The number of nitrogens with zero attached hydrogens (tertiary/aromatic N) is 3. The van der Waals surface area contributed by atoms with Gasteiger partial charge in [-0.25, -0.2) is 0 Å². The first kappa shape index (κ1) is 5.67. The molecule has 9 heavy (non-hydrogen) atoms. The molecule has 0 bridgehead atoms. The van der Waals surface area contributed by atoms with Crippen LogP contribution in [0.4, 0.5) is 0 Å². The summed E-state index contributed by atoms with van der Waals surface area (Å²) in [6.07, 6.45) is 0. The number of rotatable bonds is 1. The van der Waals surface area contributed by atoms with Crippen molar-refractivity contribution in [3.8, 4) is 0 Å². The Hall–Kier alpha value is -1.46. The topological polar surface area (TPSA) is 106 Å². The molecule has 0 spiro atoms. The molecule has 0 aromatic carbocycles. The molecule has 0 aromatic rings. The first-order chi connectivity index (χ1) is 4.22.